The molecule has 94 valence electrons. The largest absolute Gasteiger partial charge is 0.348 e. The Hall–Kier alpha value is -2.60. The van der Waals surface area contributed by atoms with Crippen LogP contribution in [0, 0.1) is 18.3 Å². The fourth-order valence-corrected chi connectivity index (χ4v) is 1.84. The molecule has 2 rings (SSSR count). The predicted octanol–water partition coefficient (Wildman–Crippen LogP) is 2.80. The van der Waals surface area contributed by atoms with Crippen molar-refractivity contribution < 1.29 is 4.79 Å². The molecule has 2 aromatic rings. The van der Waals surface area contributed by atoms with E-state index in [1.807, 2.05) is 37.3 Å². The molecule has 0 aliphatic rings. The summed E-state index contributed by atoms with van der Waals surface area (Å²) in [5, 5.41) is 11.6. The Labute approximate surface area is 112 Å². The highest BCUT2D eigenvalue weighted by Crippen LogP contribution is 2.06. The SMILES string of the molecule is Cc1cccc(CNC(=O)c2cccc(C#N)c2)c1. The number of nitrogens with one attached hydrogen (secondary N) is 1. The number of carbonyl (C=O) groups excluding carboxylic acids is 1. The van der Waals surface area contributed by atoms with E-state index in [1.165, 1.54) is 5.56 Å². The number of nitriles is 1. The Balaban J connectivity index is 2.03. The topological polar surface area (TPSA) is 52.9 Å². The van der Waals surface area contributed by atoms with Crippen LogP contribution < -0.4 is 5.32 Å². The quantitative estimate of drug-likeness (QED) is 0.910. The van der Waals surface area contributed by atoms with Gasteiger partial charge in [0.05, 0.1) is 11.6 Å². The van der Waals surface area contributed by atoms with Gasteiger partial charge in [-0.25, -0.2) is 0 Å². The first-order valence-electron chi connectivity index (χ1n) is 6.03. The minimum absolute atomic E-state index is 0.168. The van der Waals surface area contributed by atoms with Gasteiger partial charge < -0.3 is 5.32 Å². The fourth-order valence-electron chi connectivity index (χ4n) is 1.84. The molecule has 0 fully saturated rings. The minimum Gasteiger partial charge on any atom is -0.348 e. The molecule has 0 saturated heterocycles. The van der Waals surface area contributed by atoms with Crippen LogP contribution in [-0.4, -0.2) is 5.91 Å². The summed E-state index contributed by atoms with van der Waals surface area (Å²) in [6, 6.07) is 16.7. The summed E-state index contributed by atoms with van der Waals surface area (Å²) < 4.78 is 0. The van der Waals surface area contributed by atoms with Gasteiger partial charge >= 0.3 is 0 Å². The summed E-state index contributed by atoms with van der Waals surface area (Å²) in [7, 11) is 0. The summed E-state index contributed by atoms with van der Waals surface area (Å²) in [4.78, 5) is 12.0. The van der Waals surface area contributed by atoms with Gasteiger partial charge in [0.15, 0.2) is 0 Å². The van der Waals surface area contributed by atoms with E-state index in [2.05, 4.69) is 5.32 Å². The lowest BCUT2D eigenvalue weighted by molar-refractivity contribution is 0.0951. The van der Waals surface area contributed by atoms with Gasteiger partial charge in [0.2, 0.25) is 0 Å². The molecule has 0 aromatic heterocycles. The number of rotatable bonds is 3. The summed E-state index contributed by atoms with van der Waals surface area (Å²) in [5.74, 6) is -0.168. The zero-order chi connectivity index (χ0) is 13.7. The van der Waals surface area contributed by atoms with Crippen LogP contribution in [0.4, 0.5) is 0 Å². The van der Waals surface area contributed by atoms with Crippen LogP contribution in [0.3, 0.4) is 0 Å². The number of aryl methyl sites for hydroxylation is 1. The van der Waals surface area contributed by atoms with E-state index >= 15 is 0 Å². The lowest BCUT2D eigenvalue weighted by Gasteiger charge is -2.06. The fraction of sp³-hybridized carbons (Fsp3) is 0.125. The minimum atomic E-state index is -0.168. The first-order chi connectivity index (χ1) is 9.19. The molecule has 0 radical (unpaired) electrons. The molecule has 0 spiro atoms. The van der Waals surface area contributed by atoms with Crippen molar-refractivity contribution in [2.75, 3.05) is 0 Å². The van der Waals surface area contributed by atoms with Crippen molar-refractivity contribution in [3.8, 4) is 6.07 Å². The van der Waals surface area contributed by atoms with Gasteiger partial charge in [-0.1, -0.05) is 35.9 Å². The van der Waals surface area contributed by atoms with Crippen molar-refractivity contribution in [3.05, 3.63) is 70.8 Å². The average molecular weight is 250 g/mol. The maximum Gasteiger partial charge on any atom is 0.251 e. The third-order valence-corrected chi connectivity index (χ3v) is 2.79. The predicted molar refractivity (Wildman–Crippen MR) is 73.5 cm³/mol. The van der Waals surface area contributed by atoms with Crippen LogP contribution in [0.5, 0.6) is 0 Å². The van der Waals surface area contributed by atoms with Crippen LogP contribution in [0.1, 0.15) is 27.0 Å². The van der Waals surface area contributed by atoms with Gasteiger partial charge in [-0.3, -0.25) is 4.79 Å². The zero-order valence-corrected chi connectivity index (χ0v) is 10.7. The van der Waals surface area contributed by atoms with Crippen molar-refractivity contribution in [1.29, 1.82) is 5.26 Å². The molecule has 2 aromatic carbocycles. The third kappa shape index (κ3) is 3.43. The highest BCUT2D eigenvalue weighted by molar-refractivity contribution is 5.94. The van der Waals surface area contributed by atoms with Gasteiger partial charge in [0, 0.05) is 12.1 Å². The van der Waals surface area contributed by atoms with E-state index in [-0.39, 0.29) is 5.91 Å². The first-order valence-corrected chi connectivity index (χ1v) is 6.03. The molecule has 0 atom stereocenters. The van der Waals surface area contributed by atoms with E-state index in [1.54, 1.807) is 24.3 Å². The van der Waals surface area contributed by atoms with E-state index < -0.39 is 0 Å². The molecule has 0 saturated carbocycles. The van der Waals surface area contributed by atoms with Gasteiger partial charge in [0.1, 0.15) is 0 Å². The molecule has 19 heavy (non-hydrogen) atoms. The molecular weight excluding hydrogens is 236 g/mol. The molecule has 3 nitrogen and oxygen atoms in total. The number of hydrogen-bond donors (Lipinski definition) is 1. The maximum absolute atomic E-state index is 12.0. The van der Waals surface area contributed by atoms with Crippen molar-refractivity contribution in [3.63, 3.8) is 0 Å². The van der Waals surface area contributed by atoms with Crippen molar-refractivity contribution in [2.45, 2.75) is 13.5 Å². The Morgan fingerprint density at radius 2 is 2.00 bits per heavy atom. The van der Waals surface area contributed by atoms with Gasteiger partial charge in [-0.2, -0.15) is 5.26 Å². The molecule has 0 aliphatic heterocycles. The number of nitrogens with zero attached hydrogens (tertiary/aromatic N) is 1. The number of benzene rings is 2. The van der Waals surface area contributed by atoms with Crippen LogP contribution in [0.2, 0.25) is 0 Å². The Bertz CT molecular complexity index is 641. The average Bonchev–Trinajstić information content (AvgIpc) is 2.45. The molecule has 0 aliphatic carbocycles. The first kappa shape index (κ1) is 12.8. The summed E-state index contributed by atoms with van der Waals surface area (Å²) in [5.41, 5.74) is 3.22. The van der Waals surface area contributed by atoms with Crippen LogP contribution in [0.25, 0.3) is 0 Å². The smallest absolute Gasteiger partial charge is 0.251 e. The number of hydrogen-bond acceptors (Lipinski definition) is 2. The van der Waals surface area contributed by atoms with Crippen molar-refractivity contribution >= 4 is 5.91 Å². The highest BCUT2D eigenvalue weighted by Gasteiger charge is 2.05. The van der Waals surface area contributed by atoms with Gasteiger partial charge in [0.25, 0.3) is 5.91 Å². The molecule has 0 unspecified atom stereocenters. The van der Waals surface area contributed by atoms with E-state index in [9.17, 15) is 4.79 Å². The molecule has 0 heterocycles. The maximum atomic E-state index is 12.0. The van der Waals surface area contributed by atoms with Crippen LogP contribution >= 0.6 is 0 Å². The van der Waals surface area contributed by atoms with E-state index in [0.29, 0.717) is 17.7 Å². The molecule has 0 bridgehead atoms. The Morgan fingerprint density at radius 1 is 1.21 bits per heavy atom. The summed E-state index contributed by atoms with van der Waals surface area (Å²) >= 11 is 0. The normalized spacial score (nSPS) is 9.68. The zero-order valence-electron chi connectivity index (χ0n) is 10.7. The van der Waals surface area contributed by atoms with Crippen LogP contribution in [0.15, 0.2) is 48.5 Å². The highest BCUT2D eigenvalue weighted by atomic mass is 16.1. The molecule has 3 heteroatoms. The molecule has 1 N–H and O–H groups in total. The van der Waals surface area contributed by atoms with Gasteiger partial charge in [-0.15, -0.1) is 0 Å². The second-order valence-corrected chi connectivity index (χ2v) is 4.36. The van der Waals surface area contributed by atoms with Crippen molar-refractivity contribution in [2.24, 2.45) is 0 Å². The Kier molecular flexibility index (Phi) is 3.94. The van der Waals surface area contributed by atoms with Crippen molar-refractivity contribution in [1.82, 2.24) is 5.32 Å². The summed E-state index contributed by atoms with van der Waals surface area (Å²) in [6.07, 6.45) is 0. The van der Waals surface area contributed by atoms with Gasteiger partial charge in [-0.05, 0) is 30.7 Å². The molecule has 1 amide bonds. The van der Waals surface area contributed by atoms with Crippen LogP contribution in [-0.2, 0) is 6.54 Å². The summed E-state index contributed by atoms with van der Waals surface area (Å²) in [6.45, 7) is 2.50. The monoisotopic (exact) mass is 250 g/mol. The Morgan fingerprint density at radius 3 is 2.74 bits per heavy atom. The lowest BCUT2D eigenvalue weighted by atomic mass is 10.1. The number of amides is 1. The van der Waals surface area contributed by atoms with E-state index in [0.717, 1.165) is 5.56 Å². The standard InChI is InChI=1S/C16H14N2O/c1-12-4-2-6-14(8-12)11-18-16(19)15-7-3-5-13(9-15)10-17/h2-9H,11H2,1H3,(H,18,19). The second-order valence-electron chi connectivity index (χ2n) is 4.36. The second kappa shape index (κ2) is 5.83. The van der Waals surface area contributed by atoms with E-state index in [4.69, 9.17) is 5.26 Å². The third-order valence-electron chi connectivity index (χ3n) is 2.79. The number of carbonyl (C=O) groups is 1. The lowest BCUT2D eigenvalue weighted by Crippen LogP contribution is -2.22. The molecular formula is C16H14N2O.